The van der Waals surface area contributed by atoms with E-state index in [2.05, 4.69) is 5.32 Å². The lowest BCUT2D eigenvalue weighted by molar-refractivity contribution is -0.124. The van der Waals surface area contributed by atoms with Gasteiger partial charge in [-0.2, -0.15) is 4.31 Å². The molecule has 2 aromatic rings. The fraction of sp³-hybridized carbons (Fsp3) is 0.316. The lowest BCUT2D eigenvalue weighted by atomic mass is 10.2. The zero-order valence-corrected chi connectivity index (χ0v) is 16.5. The summed E-state index contributed by atoms with van der Waals surface area (Å²) in [7, 11) is -2.23. The van der Waals surface area contributed by atoms with Gasteiger partial charge in [0.2, 0.25) is 15.9 Å². The lowest BCUT2D eigenvalue weighted by Crippen LogP contribution is -2.45. The van der Waals surface area contributed by atoms with E-state index in [0.29, 0.717) is 36.7 Å². The van der Waals surface area contributed by atoms with Crippen molar-refractivity contribution in [3.8, 4) is 5.75 Å². The highest BCUT2D eigenvalue weighted by Gasteiger charge is 2.39. The quantitative estimate of drug-likeness (QED) is 0.797. The first kappa shape index (κ1) is 19.7. The Balaban J connectivity index is 1.71. The molecule has 0 aromatic heterocycles. The molecule has 6 nitrogen and oxygen atoms in total. The van der Waals surface area contributed by atoms with E-state index in [1.807, 2.05) is 12.1 Å². The number of nitrogens with zero attached hydrogens (tertiary/aromatic N) is 1. The molecule has 1 fully saturated rings. The largest absolute Gasteiger partial charge is 0.497 e. The molecule has 0 bridgehead atoms. The van der Waals surface area contributed by atoms with Gasteiger partial charge in [0, 0.05) is 18.1 Å². The number of ether oxygens (including phenoxy) is 1. The summed E-state index contributed by atoms with van der Waals surface area (Å²) in [6, 6.07) is 12.6. The molecule has 1 amide bonds. The second-order valence-corrected chi connectivity index (χ2v) is 8.62. The van der Waals surface area contributed by atoms with Crippen molar-refractivity contribution in [2.24, 2.45) is 0 Å². The molecule has 2 aromatic carbocycles. The van der Waals surface area contributed by atoms with Gasteiger partial charge in [0.15, 0.2) is 0 Å². The molecular formula is C19H21ClN2O4S. The number of hydrogen-bond acceptors (Lipinski definition) is 4. The number of methoxy groups -OCH3 is 1. The summed E-state index contributed by atoms with van der Waals surface area (Å²) in [5, 5.41) is 3.45. The Labute approximate surface area is 164 Å². The number of benzene rings is 2. The maximum Gasteiger partial charge on any atom is 0.243 e. The molecule has 0 saturated carbocycles. The Morgan fingerprint density at radius 3 is 2.48 bits per heavy atom. The number of halogens is 1. The first-order chi connectivity index (χ1) is 12.9. The number of carbonyl (C=O) groups is 1. The van der Waals surface area contributed by atoms with Crippen LogP contribution in [0.2, 0.25) is 5.02 Å². The van der Waals surface area contributed by atoms with E-state index in [9.17, 15) is 13.2 Å². The van der Waals surface area contributed by atoms with Crippen LogP contribution in [0.4, 0.5) is 0 Å². The predicted octanol–water partition coefficient (Wildman–Crippen LogP) is 2.82. The molecule has 0 unspecified atom stereocenters. The zero-order chi connectivity index (χ0) is 19.4. The number of rotatable bonds is 6. The van der Waals surface area contributed by atoms with Crippen LogP contribution in [0, 0.1) is 0 Å². The molecule has 27 heavy (non-hydrogen) atoms. The van der Waals surface area contributed by atoms with Crippen molar-refractivity contribution in [1.29, 1.82) is 0 Å². The Bertz CT molecular complexity index is 898. The van der Waals surface area contributed by atoms with Gasteiger partial charge in [-0.05, 0) is 54.8 Å². The summed E-state index contributed by atoms with van der Waals surface area (Å²) >= 11 is 5.86. The second-order valence-electron chi connectivity index (χ2n) is 6.29. The van der Waals surface area contributed by atoms with E-state index in [4.69, 9.17) is 16.3 Å². The number of nitrogens with one attached hydrogen (secondary N) is 1. The topological polar surface area (TPSA) is 75.7 Å². The Kier molecular flexibility index (Phi) is 6.04. The van der Waals surface area contributed by atoms with Crippen LogP contribution in [0.25, 0.3) is 0 Å². The minimum absolute atomic E-state index is 0.153. The van der Waals surface area contributed by atoms with Crippen LogP contribution >= 0.6 is 11.6 Å². The standard InChI is InChI=1S/C19H21ClN2O4S/c1-26-16-8-10-17(11-9-16)27(24,25)22-12-2-3-18(22)19(23)21-13-14-4-6-15(20)7-5-14/h4-11,18H,2-3,12-13H2,1H3,(H,21,23)/t18-/m0/s1. The fourth-order valence-corrected chi connectivity index (χ4v) is 4.86. The second kappa shape index (κ2) is 8.29. The third-order valence-corrected chi connectivity index (χ3v) is 6.73. The van der Waals surface area contributed by atoms with Gasteiger partial charge in [-0.3, -0.25) is 4.79 Å². The maximum atomic E-state index is 13.0. The molecule has 1 atom stereocenters. The summed E-state index contributed by atoms with van der Waals surface area (Å²) in [6.07, 6.45) is 1.15. The van der Waals surface area contributed by atoms with Crippen LogP contribution in [-0.2, 0) is 21.4 Å². The summed E-state index contributed by atoms with van der Waals surface area (Å²) in [5.41, 5.74) is 0.898. The van der Waals surface area contributed by atoms with E-state index in [1.165, 1.54) is 23.5 Å². The molecule has 1 heterocycles. The molecule has 0 aliphatic carbocycles. The van der Waals surface area contributed by atoms with Crippen LogP contribution in [0.1, 0.15) is 18.4 Å². The lowest BCUT2D eigenvalue weighted by Gasteiger charge is -2.23. The van der Waals surface area contributed by atoms with Crippen LogP contribution < -0.4 is 10.1 Å². The Morgan fingerprint density at radius 2 is 1.85 bits per heavy atom. The molecule has 0 spiro atoms. The first-order valence-electron chi connectivity index (χ1n) is 8.60. The van der Waals surface area contributed by atoms with E-state index in [0.717, 1.165) is 5.56 Å². The SMILES string of the molecule is COc1ccc(S(=O)(=O)N2CCC[C@H]2C(=O)NCc2ccc(Cl)cc2)cc1. The number of sulfonamides is 1. The molecular weight excluding hydrogens is 388 g/mol. The molecule has 8 heteroatoms. The van der Waals surface area contributed by atoms with Crippen molar-refractivity contribution in [3.05, 3.63) is 59.1 Å². The van der Waals surface area contributed by atoms with Gasteiger partial charge in [-0.1, -0.05) is 23.7 Å². The van der Waals surface area contributed by atoms with Crippen LogP contribution in [0.5, 0.6) is 5.75 Å². The van der Waals surface area contributed by atoms with Crippen LogP contribution in [0.15, 0.2) is 53.4 Å². The maximum absolute atomic E-state index is 13.0. The highest BCUT2D eigenvalue weighted by Crippen LogP contribution is 2.27. The average molecular weight is 409 g/mol. The number of carbonyl (C=O) groups excluding carboxylic acids is 1. The summed E-state index contributed by atoms with van der Waals surface area (Å²) in [6.45, 7) is 0.649. The molecule has 3 rings (SSSR count). The van der Waals surface area contributed by atoms with E-state index < -0.39 is 16.1 Å². The minimum Gasteiger partial charge on any atom is -0.497 e. The van der Waals surface area contributed by atoms with E-state index in [-0.39, 0.29) is 10.8 Å². The molecule has 1 aliphatic rings. The van der Waals surface area contributed by atoms with Crippen LogP contribution in [-0.4, -0.2) is 38.3 Å². The smallest absolute Gasteiger partial charge is 0.243 e. The van der Waals surface area contributed by atoms with E-state index >= 15 is 0 Å². The van der Waals surface area contributed by atoms with Gasteiger partial charge >= 0.3 is 0 Å². The van der Waals surface area contributed by atoms with Gasteiger partial charge in [0.05, 0.1) is 12.0 Å². The fourth-order valence-electron chi connectivity index (χ4n) is 3.08. The van der Waals surface area contributed by atoms with Crippen molar-refractivity contribution in [2.75, 3.05) is 13.7 Å². The zero-order valence-electron chi connectivity index (χ0n) is 14.9. The van der Waals surface area contributed by atoms with E-state index in [1.54, 1.807) is 24.3 Å². The normalized spacial score (nSPS) is 17.6. The summed E-state index contributed by atoms with van der Waals surface area (Å²) < 4.78 is 32.3. The van der Waals surface area contributed by atoms with Crippen molar-refractivity contribution in [2.45, 2.75) is 30.3 Å². The predicted molar refractivity (Wildman–Crippen MR) is 103 cm³/mol. The van der Waals surface area contributed by atoms with Gasteiger partial charge in [-0.15, -0.1) is 0 Å². The molecule has 144 valence electrons. The van der Waals surface area contributed by atoms with Crippen molar-refractivity contribution < 1.29 is 17.9 Å². The number of amides is 1. The highest BCUT2D eigenvalue weighted by molar-refractivity contribution is 7.89. The number of hydrogen-bond donors (Lipinski definition) is 1. The van der Waals surface area contributed by atoms with Gasteiger partial charge < -0.3 is 10.1 Å². The summed E-state index contributed by atoms with van der Waals surface area (Å²) in [5.74, 6) is 0.284. The third kappa shape index (κ3) is 4.43. The minimum atomic E-state index is -3.75. The molecule has 0 radical (unpaired) electrons. The Morgan fingerprint density at radius 1 is 1.19 bits per heavy atom. The van der Waals surface area contributed by atoms with Crippen LogP contribution in [0.3, 0.4) is 0 Å². The molecule has 1 aliphatic heterocycles. The van der Waals surface area contributed by atoms with Crippen molar-refractivity contribution in [3.63, 3.8) is 0 Å². The summed E-state index contributed by atoms with van der Waals surface area (Å²) in [4.78, 5) is 12.8. The van der Waals surface area contributed by atoms with Gasteiger partial charge in [0.1, 0.15) is 11.8 Å². The van der Waals surface area contributed by atoms with Gasteiger partial charge in [-0.25, -0.2) is 8.42 Å². The third-order valence-electron chi connectivity index (χ3n) is 4.55. The van der Waals surface area contributed by atoms with Gasteiger partial charge in [0.25, 0.3) is 0 Å². The average Bonchev–Trinajstić information content (AvgIpc) is 3.18. The molecule has 1 saturated heterocycles. The monoisotopic (exact) mass is 408 g/mol. The first-order valence-corrected chi connectivity index (χ1v) is 10.4. The van der Waals surface area contributed by atoms with Crippen molar-refractivity contribution in [1.82, 2.24) is 9.62 Å². The highest BCUT2D eigenvalue weighted by atomic mass is 35.5. The Hall–Kier alpha value is -2.09. The molecule has 1 N–H and O–H groups in total. The van der Waals surface area contributed by atoms with Crippen molar-refractivity contribution >= 4 is 27.5 Å².